The van der Waals surface area contributed by atoms with Crippen molar-refractivity contribution in [1.29, 1.82) is 0 Å². The van der Waals surface area contributed by atoms with Crippen molar-refractivity contribution >= 4 is 11.9 Å². The molecule has 0 amide bonds. The topological polar surface area (TPSA) is 87.5 Å². The number of hydrogen-bond donors (Lipinski definition) is 2. The number of aromatic carboxylic acids is 2. The Bertz CT molecular complexity index is 824. The molecular weight excluding hydrogens is 329 g/mol. The van der Waals surface area contributed by atoms with Crippen molar-refractivity contribution in [2.75, 3.05) is 0 Å². The maximum Gasteiger partial charge on any atom is 0.337 e. The lowest BCUT2D eigenvalue weighted by Crippen LogP contribution is -2.10. The third-order valence-corrected chi connectivity index (χ3v) is 2.81. The number of benzene rings is 1. The molecule has 0 spiro atoms. The Morgan fingerprint density at radius 3 is 1.74 bits per heavy atom. The summed E-state index contributed by atoms with van der Waals surface area (Å²) in [5.74, 6) is -15.0. The minimum Gasteiger partial charge on any atom is -0.478 e. The van der Waals surface area contributed by atoms with Gasteiger partial charge in [0.1, 0.15) is 0 Å². The zero-order chi connectivity index (χ0) is 17.5. The number of halogens is 5. The van der Waals surface area contributed by atoms with Crippen LogP contribution in [0.1, 0.15) is 20.7 Å². The Morgan fingerprint density at radius 1 is 0.826 bits per heavy atom. The molecule has 2 rings (SSSR count). The molecule has 0 saturated carbocycles. The van der Waals surface area contributed by atoms with Gasteiger partial charge < -0.3 is 10.2 Å². The van der Waals surface area contributed by atoms with E-state index in [9.17, 15) is 31.5 Å². The van der Waals surface area contributed by atoms with Crippen LogP contribution >= 0.6 is 0 Å². The summed E-state index contributed by atoms with van der Waals surface area (Å²) in [6.07, 6.45) is 0.530. The quantitative estimate of drug-likeness (QED) is 0.512. The fourth-order valence-corrected chi connectivity index (χ4v) is 1.76. The summed E-state index contributed by atoms with van der Waals surface area (Å²) in [6, 6.07) is 0.491. The summed E-state index contributed by atoms with van der Waals surface area (Å²) < 4.78 is 66.8. The van der Waals surface area contributed by atoms with E-state index < -0.39 is 63.4 Å². The predicted molar refractivity (Wildman–Crippen MR) is 63.4 cm³/mol. The first-order chi connectivity index (χ1) is 10.7. The first-order valence-corrected chi connectivity index (χ1v) is 5.65. The summed E-state index contributed by atoms with van der Waals surface area (Å²) in [7, 11) is 0. The van der Waals surface area contributed by atoms with Crippen molar-refractivity contribution in [2.24, 2.45) is 0 Å². The molecule has 5 nitrogen and oxygen atoms in total. The molecule has 120 valence electrons. The van der Waals surface area contributed by atoms with E-state index in [-0.39, 0.29) is 0 Å². The summed E-state index contributed by atoms with van der Waals surface area (Å²) in [6.45, 7) is 0. The standard InChI is InChI=1S/C13H4F5NO4/c14-6-5(7(15)9(17)10(18)8(6)16)11-4(13(22)23)1-3(2-19-11)12(20)21/h1-2H,(H,20,21)(H,22,23). The average Bonchev–Trinajstić information content (AvgIpc) is 2.51. The lowest BCUT2D eigenvalue weighted by atomic mass is 10.0. The third kappa shape index (κ3) is 2.58. The highest BCUT2D eigenvalue weighted by Crippen LogP contribution is 2.32. The molecule has 0 saturated heterocycles. The van der Waals surface area contributed by atoms with Crippen LogP contribution in [0.15, 0.2) is 12.3 Å². The fourth-order valence-electron chi connectivity index (χ4n) is 1.76. The SMILES string of the molecule is O=C(O)c1cnc(-c2c(F)c(F)c(F)c(F)c2F)c(C(=O)O)c1. The summed E-state index contributed by atoms with van der Waals surface area (Å²) in [4.78, 5) is 25.1. The number of carbonyl (C=O) groups is 2. The highest BCUT2D eigenvalue weighted by Gasteiger charge is 2.30. The Morgan fingerprint density at radius 2 is 1.30 bits per heavy atom. The lowest BCUT2D eigenvalue weighted by Gasteiger charge is -2.10. The van der Waals surface area contributed by atoms with E-state index >= 15 is 0 Å². The van der Waals surface area contributed by atoms with Crippen molar-refractivity contribution in [1.82, 2.24) is 4.98 Å². The number of hydrogen-bond acceptors (Lipinski definition) is 3. The number of carboxylic acids is 2. The molecular formula is C13H4F5NO4. The largest absolute Gasteiger partial charge is 0.478 e. The van der Waals surface area contributed by atoms with Crippen molar-refractivity contribution < 1.29 is 41.8 Å². The van der Waals surface area contributed by atoms with Gasteiger partial charge in [0.25, 0.3) is 0 Å². The van der Waals surface area contributed by atoms with Crippen molar-refractivity contribution in [2.45, 2.75) is 0 Å². The molecule has 0 aliphatic carbocycles. The highest BCUT2D eigenvalue weighted by atomic mass is 19.2. The second-order valence-electron chi connectivity index (χ2n) is 4.18. The predicted octanol–water partition coefficient (Wildman–Crippen LogP) is 2.84. The molecule has 0 unspecified atom stereocenters. The summed E-state index contributed by atoms with van der Waals surface area (Å²) >= 11 is 0. The second-order valence-corrected chi connectivity index (χ2v) is 4.18. The normalized spacial score (nSPS) is 10.7. The van der Waals surface area contributed by atoms with Gasteiger partial charge >= 0.3 is 11.9 Å². The Labute approximate surface area is 123 Å². The Hall–Kier alpha value is -3.04. The lowest BCUT2D eigenvalue weighted by molar-refractivity contribution is 0.0696. The van der Waals surface area contributed by atoms with Gasteiger partial charge in [0, 0.05) is 6.20 Å². The van der Waals surface area contributed by atoms with Crippen LogP contribution in [0.25, 0.3) is 11.3 Å². The van der Waals surface area contributed by atoms with Crippen LogP contribution in [0, 0.1) is 29.1 Å². The van der Waals surface area contributed by atoms with Crippen LogP contribution in [0.3, 0.4) is 0 Å². The molecule has 1 aromatic carbocycles. The fraction of sp³-hybridized carbons (Fsp3) is 0. The summed E-state index contributed by atoms with van der Waals surface area (Å²) in [5.41, 5.74) is -4.32. The van der Waals surface area contributed by atoms with E-state index in [1.54, 1.807) is 0 Å². The molecule has 0 aliphatic heterocycles. The number of nitrogens with zero attached hydrogens (tertiary/aromatic N) is 1. The van der Waals surface area contributed by atoms with E-state index in [0.717, 1.165) is 0 Å². The molecule has 2 aromatic rings. The number of pyridine rings is 1. The van der Waals surface area contributed by atoms with Gasteiger partial charge in [-0.25, -0.2) is 31.5 Å². The number of carboxylic acid groups (broad SMARTS) is 2. The zero-order valence-corrected chi connectivity index (χ0v) is 10.7. The van der Waals surface area contributed by atoms with Crippen LogP contribution in [-0.4, -0.2) is 27.1 Å². The highest BCUT2D eigenvalue weighted by molar-refractivity contribution is 5.98. The Balaban J connectivity index is 2.88. The van der Waals surface area contributed by atoms with Gasteiger partial charge in [-0.3, -0.25) is 4.98 Å². The van der Waals surface area contributed by atoms with Gasteiger partial charge in [-0.15, -0.1) is 0 Å². The average molecular weight is 333 g/mol. The monoisotopic (exact) mass is 333 g/mol. The molecule has 1 heterocycles. The third-order valence-electron chi connectivity index (χ3n) is 2.81. The molecule has 0 bridgehead atoms. The maximum atomic E-state index is 13.7. The van der Waals surface area contributed by atoms with Crippen molar-refractivity contribution in [3.8, 4) is 11.3 Å². The molecule has 23 heavy (non-hydrogen) atoms. The minimum atomic E-state index is -2.41. The van der Waals surface area contributed by atoms with Crippen LogP contribution in [0.4, 0.5) is 22.0 Å². The molecule has 0 radical (unpaired) electrons. The second kappa shape index (κ2) is 5.63. The van der Waals surface area contributed by atoms with E-state index in [0.29, 0.717) is 12.3 Å². The van der Waals surface area contributed by atoms with Gasteiger partial charge in [0.2, 0.25) is 5.82 Å². The molecule has 0 fully saturated rings. The van der Waals surface area contributed by atoms with E-state index in [2.05, 4.69) is 4.98 Å². The Kier molecular flexibility index (Phi) is 4.00. The minimum absolute atomic E-state index is 0.491. The van der Waals surface area contributed by atoms with Crippen molar-refractivity contribution in [3.63, 3.8) is 0 Å². The van der Waals surface area contributed by atoms with Crippen LogP contribution < -0.4 is 0 Å². The first kappa shape index (κ1) is 16.3. The van der Waals surface area contributed by atoms with Crippen LogP contribution in [0.5, 0.6) is 0 Å². The number of rotatable bonds is 3. The summed E-state index contributed by atoms with van der Waals surface area (Å²) in [5, 5.41) is 17.7. The molecule has 1 aromatic heterocycles. The maximum absolute atomic E-state index is 13.7. The van der Waals surface area contributed by atoms with E-state index in [4.69, 9.17) is 10.2 Å². The molecule has 2 N–H and O–H groups in total. The van der Waals surface area contributed by atoms with E-state index in [1.165, 1.54) is 0 Å². The molecule has 0 aliphatic rings. The molecule has 0 atom stereocenters. The van der Waals surface area contributed by atoms with Gasteiger partial charge in [0.15, 0.2) is 23.3 Å². The van der Waals surface area contributed by atoms with Gasteiger partial charge in [-0.2, -0.15) is 0 Å². The molecule has 10 heteroatoms. The van der Waals surface area contributed by atoms with Gasteiger partial charge in [0.05, 0.1) is 22.4 Å². The van der Waals surface area contributed by atoms with Crippen LogP contribution in [0.2, 0.25) is 0 Å². The smallest absolute Gasteiger partial charge is 0.337 e. The first-order valence-electron chi connectivity index (χ1n) is 5.65. The van der Waals surface area contributed by atoms with Gasteiger partial charge in [-0.1, -0.05) is 0 Å². The van der Waals surface area contributed by atoms with Gasteiger partial charge in [-0.05, 0) is 6.07 Å². The number of aromatic nitrogens is 1. The van der Waals surface area contributed by atoms with Crippen LogP contribution in [-0.2, 0) is 0 Å². The zero-order valence-electron chi connectivity index (χ0n) is 10.7. The van der Waals surface area contributed by atoms with E-state index in [1.807, 2.05) is 0 Å². The van der Waals surface area contributed by atoms with Crippen molar-refractivity contribution in [3.05, 3.63) is 52.5 Å².